The number of rotatable bonds is 2. The van der Waals surface area contributed by atoms with Crippen molar-refractivity contribution >= 4 is 91.1 Å². The number of imidazole rings is 1. The zero-order valence-corrected chi connectivity index (χ0v) is 34.0. The van der Waals surface area contributed by atoms with Crippen LogP contribution in [-0.4, -0.2) is 14.4 Å². The fraction of sp³-hybridized carbons (Fsp3) is 0. The minimum absolute atomic E-state index is 0. The van der Waals surface area contributed by atoms with Gasteiger partial charge in [0.25, 0.3) is 0 Å². The van der Waals surface area contributed by atoms with Crippen molar-refractivity contribution in [2.45, 2.75) is 0 Å². The third-order valence-electron chi connectivity index (χ3n) is 10.8. The molecule has 0 amide bonds. The Morgan fingerprint density at radius 1 is 0.534 bits per heavy atom. The van der Waals surface area contributed by atoms with Gasteiger partial charge >= 0.3 is 0 Å². The molecule has 0 fully saturated rings. The molecule has 1 radical (unpaired) electrons. The summed E-state index contributed by atoms with van der Waals surface area (Å²) in [5.41, 5.74) is 6.06. The standard InChI is InChI=1S/C41H22FN2S.C11H8N.Ir/c42-26-20-19-24-22-35-33-15-7-16-34(40(33)45-38(35)23-25(24)21-26)41-43-36-17-8-14-32-30-12-4-2-10-28(30)27-9-1-3-11-29(27)31-13-5-6-18-37(31)44(41)39(32)36;1-2-6-10(7-3-1)11-8-4-5-9-12-11;/h1-15,17-23H;1-6,8-9H;/q2*-1;. The van der Waals surface area contributed by atoms with E-state index >= 15 is 0 Å². The fourth-order valence-corrected chi connectivity index (χ4v) is 9.47. The van der Waals surface area contributed by atoms with Gasteiger partial charge in [0.1, 0.15) is 5.82 Å². The van der Waals surface area contributed by atoms with Crippen molar-refractivity contribution in [2.24, 2.45) is 0 Å². The smallest absolute Gasteiger partial charge is 0.123 e. The summed E-state index contributed by atoms with van der Waals surface area (Å²) in [6.45, 7) is 0. The Kier molecular flexibility index (Phi) is 9.11. The molecule has 4 heterocycles. The molecule has 12 rings (SSSR count). The second kappa shape index (κ2) is 14.7. The van der Waals surface area contributed by atoms with E-state index in [9.17, 15) is 4.39 Å². The average Bonchev–Trinajstić information content (AvgIpc) is 3.85. The zero-order chi connectivity index (χ0) is 37.9. The van der Waals surface area contributed by atoms with E-state index in [1.807, 2.05) is 54.6 Å². The van der Waals surface area contributed by atoms with Crippen molar-refractivity contribution in [1.29, 1.82) is 0 Å². The Labute approximate surface area is 350 Å². The first kappa shape index (κ1) is 35.8. The predicted molar refractivity (Wildman–Crippen MR) is 237 cm³/mol. The Balaban J connectivity index is 0.000000270. The number of aromatic nitrogens is 3. The van der Waals surface area contributed by atoms with Crippen LogP contribution in [0.3, 0.4) is 0 Å². The van der Waals surface area contributed by atoms with E-state index in [2.05, 4.69) is 131 Å². The van der Waals surface area contributed by atoms with Crippen molar-refractivity contribution in [3.05, 3.63) is 200 Å². The summed E-state index contributed by atoms with van der Waals surface area (Å²) >= 11 is 1.72. The fourth-order valence-electron chi connectivity index (χ4n) is 8.24. The van der Waals surface area contributed by atoms with E-state index in [4.69, 9.17) is 4.98 Å². The number of para-hydroxylation sites is 2. The molecule has 0 spiro atoms. The molecule has 277 valence electrons. The zero-order valence-electron chi connectivity index (χ0n) is 30.8. The minimum atomic E-state index is -0.222. The summed E-state index contributed by atoms with van der Waals surface area (Å²) in [6.07, 6.45) is 1.79. The number of thiophene rings is 1. The first-order chi connectivity index (χ1) is 28.2. The molecule has 0 aliphatic heterocycles. The quantitative estimate of drug-likeness (QED) is 0.162. The number of halogens is 1. The third kappa shape index (κ3) is 5.97. The van der Waals surface area contributed by atoms with E-state index in [1.54, 1.807) is 23.6 Å². The topological polar surface area (TPSA) is 30.2 Å². The molecule has 6 heteroatoms. The van der Waals surface area contributed by atoms with Gasteiger partial charge in [-0.2, -0.15) is 11.3 Å². The molecule has 58 heavy (non-hydrogen) atoms. The van der Waals surface area contributed by atoms with Gasteiger partial charge in [-0.05, 0) is 90.6 Å². The number of fused-ring (bicyclic) bond motifs is 11. The predicted octanol–water partition coefficient (Wildman–Crippen LogP) is 14.2. The van der Waals surface area contributed by atoms with Gasteiger partial charge in [-0.15, -0.1) is 54.1 Å². The maximum absolute atomic E-state index is 14.1. The molecule has 0 saturated heterocycles. The molecule has 0 bridgehead atoms. The first-order valence-corrected chi connectivity index (χ1v) is 19.7. The number of hydrogen-bond acceptors (Lipinski definition) is 3. The summed E-state index contributed by atoms with van der Waals surface area (Å²) in [4.78, 5) is 9.59. The van der Waals surface area contributed by atoms with Crippen LogP contribution >= 0.6 is 11.3 Å². The summed E-state index contributed by atoms with van der Waals surface area (Å²) in [7, 11) is 0. The number of pyridine rings is 1. The summed E-state index contributed by atoms with van der Waals surface area (Å²) < 4.78 is 18.7. The van der Waals surface area contributed by atoms with Crippen molar-refractivity contribution < 1.29 is 24.5 Å². The van der Waals surface area contributed by atoms with Crippen LogP contribution in [0.1, 0.15) is 0 Å². The first-order valence-electron chi connectivity index (χ1n) is 18.8. The Hall–Kier alpha value is -6.56. The summed E-state index contributed by atoms with van der Waals surface area (Å²) in [5, 5.41) is 11.3. The maximum atomic E-state index is 14.1. The van der Waals surface area contributed by atoms with Gasteiger partial charge in [0.15, 0.2) is 0 Å². The Morgan fingerprint density at radius 2 is 1.24 bits per heavy atom. The van der Waals surface area contributed by atoms with Gasteiger partial charge < -0.3 is 9.38 Å². The molecule has 0 unspecified atom stereocenters. The van der Waals surface area contributed by atoms with Gasteiger partial charge in [0.2, 0.25) is 0 Å². The van der Waals surface area contributed by atoms with E-state index < -0.39 is 0 Å². The van der Waals surface area contributed by atoms with Crippen LogP contribution in [-0.2, 0) is 20.1 Å². The van der Waals surface area contributed by atoms with Gasteiger partial charge in [-0.1, -0.05) is 108 Å². The number of benzene rings is 8. The van der Waals surface area contributed by atoms with Crippen molar-refractivity contribution in [3.63, 3.8) is 0 Å². The number of hydrogen-bond donors (Lipinski definition) is 0. The van der Waals surface area contributed by atoms with Crippen LogP contribution in [0.25, 0.3) is 102 Å². The molecule has 3 nitrogen and oxygen atoms in total. The molecule has 0 aliphatic rings. The van der Waals surface area contributed by atoms with Crippen LogP contribution in [0.15, 0.2) is 182 Å². The summed E-state index contributed by atoms with van der Waals surface area (Å²) in [5.74, 6) is 0.634. The van der Waals surface area contributed by atoms with Crippen LogP contribution in [0, 0.1) is 17.9 Å². The van der Waals surface area contributed by atoms with Crippen LogP contribution in [0.5, 0.6) is 0 Å². The summed E-state index contributed by atoms with van der Waals surface area (Å²) in [6, 6.07) is 66.3. The van der Waals surface area contributed by atoms with Crippen molar-refractivity contribution in [1.82, 2.24) is 14.4 Å². The van der Waals surface area contributed by atoms with E-state index in [1.165, 1.54) is 27.6 Å². The van der Waals surface area contributed by atoms with Gasteiger partial charge in [-0.3, -0.25) is 4.98 Å². The van der Waals surface area contributed by atoms with Crippen molar-refractivity contribution in [3.8, 4) is 22.6 Å². The van der Waals surface area contributed by atoms with Crippen LogP contribution in [0.2, 0.25) is 0 Å². The van der Waals surface area contributed by atoms with Gasteiger partial charge in [0.05, 0.1) is 16.9 Å². The van der Waals surface area contributed by atoms with Gasteiger partial charge in [0, 0.05) is 47.3 Å². The van der Waals surface area contributed by atoms with Crippen molar-refractivity contribution in [2.75, 3.05) is 0 Å². The molecular formula is C52H30FIrN3S-2. The van der Waals surface area contributed by atoms with Crippen LogP contribution < -0.4 is 0 Å². The molecule has 0 saturated carbocycles. The Bertz CT molecular complexity index is 3510. The van der Waals surface area contributed by atoms with E-state index in [0.717, 1.165) is 80.9 Å². The van der Waals surface area contributed by atoms with Gasteiger partial charge in [-0.25, -0.2) is 4.39 Å². The molecule has 0 N–H and O–H groups in total. The minimum Gasteiger partial charge on any atom is -0.332 e. The normalized spacial score (nSPS) is 11.4. The van der Waals surface area contributed by atoms with Crippen LogP contribution in [0.4, 0.5) is 4.39 Å². The largest absolute Gasteiger partial charge is 0.332 e. The maximum Gasteiger partial charge on any atom is 0.123 e. The molecule has 8 aromatic carbocycles. The second-order valence-corrected chi connectivity index (χ2v) is 15.1. The molecule has 12 aromatic rings. The monoisotopic (exact) mass is 940 g/mol. The third-order valence-corrected chi connectivity index (χ3v) is 12.0. The van der Waals surface area contributed by atoms with E-state index in [0.29, 0.717) is 0 Å². The Morgan fingerprint density at radius 3 is 2.00 bits per heavy atom. The average molecular weight is 940 g/mol. The SMILES string of the molecule is Fc1ccc2cc3c(cc2c1)sc1c(-c2nc4cccc5c6ccccc6c6ccccc6c6ccccc6n2c45)[c-]ccc13.[Ir].[c-]1ccccc1-c1ccccn1. The molecule has 0 aliphatic carbocycles. The van der Waals surface area contributed by atoms with E-state index in [-0.39, 0.29) is 25.9 Å². The molecular weight excluding hydrogens is 910 g/mol. The molecule has 0 atom stereocenters. The molecule has 4 aromatic heterocycles. The number of nitrogens with zero attached hydrogens (tertiary/aromatic N) is 3. The second-order valence-electron chi connectivity index (χ2n) is 14.1.